The summed E-state index contributed by atoms with van der Waals surface area (Å²) in [6.45, 7) is 0. The molecule has 0 fully saturated rings. The Labute approximate surface area is 129 Å². The summed E-state index contributed by atoms with van der Waals surface area (Å²) in [6.07, 6.45) is 0. The second-order valence-electron chi connectivity index (χ2n) is 4.25. The minimum Gasteiger partial charge on any atom is -0.507 e. The van der Waals surface area contributed by atoms with E-state index in [4.69, 9.17) is 27.7 Å². The molecule has 0 saturated carbocycles. The molecule has 106 valence electrons. The van der Waals surface area contributed by atoms with Crippen molar-refractivity contribution in [3.8, 4) is 34.3 Å². The fourth-order valence-corrected chi connectivity index (χ4v) is 2.40. The average Bonchev–Trinajstić information content (AvgIpc) is 2.87. The van der Waals surface area contributed by atoms with Crippen LogP contribution >= 0.6 is 23.2 Å². The quantitative estimate of drug-likeness (QED) is 0.741. The van der Waals surface area contributed by atoms with E-state index < -0.39 is 0 Å². The summed E-state index contributed by atoms with van der Waals surface area (Å²) in [5.41, 5.74) is 0.641. The maximum atomic E-state index is 9.78. The summed E-state index contributed by atoms with van der Waals surface area (Å²) in [6, 6.07) is 9.18. The molecule has 0 unspecified atom stereocenters. The summed E-state index contributed by atoms with van der Waals surface area (Å²) in [5.74, 6) is -0.0718. The monoisotopic (exact) mass is 322 g/mol. The molecule has 7 heteroatoms. The number of aromatic nitrogens is 2. The van der Waals surface area contributed by atoms with Gasteiger partial charge in [0.25, 0.3) is 5.89 Å². The highest BCUT2D eigenvalue weighted by molar-refractivity contribution is 6.35. The summed E-state index contributed by atoms with van der Waals surface area (Å²) >= 11 is 11.8. The standard InChI is InChI=1S/C14H8Cl2N2O3/c15-8-4-7(5-9(16)6-8)13-17-14(21-18-13)12-10(19)2-1-3-11(12)20/h1-6,19-20H. The second-order valence-corrected chi connectivity index (χ2v) is 5.13. The van der Waals surface area contributed by atoms with Crippen LogP contribution in [0.5, 0.6) is 11.5 Å². The van der Waals surface area contributed by atoms with Crippen molar-refractivity contribution < 1.29 is 14.7 Å². The Hall–Kier alpha value is -2.24. The van der Waals surface area contributed by atoms with E-state index in [0.29, 0.717) is 15.6 Å². The summed E-state index contributed by atoms with van der Waals surface area (Å²) in [7, 11) is 0. The van der Waals surface area contributed by atoms with Crippen LogP contribution < -0.4 is 0 Å². The molecule has 0 bridgehead atoms. The summed E-state index contributed by atoms with van der Waals surface area (Å²) < 4.78 is 5.08. The highest BCUT2D eigenvalue weighted by Crippen LogP contribution is 2.36. The Morgan fingerprint density at radius 1 is 0.952 bits per heavy atom. The molecule has 0 aliphatic rings. The van der Waals surface area contributed by atoms with Gasteiger partial charge in [-0.1, -0.05) is 34.4 Å². The summed E-state index contributed by atoms with van der Waals surface area (Å²) in [5, 5.41) is 24.2. The molecular formula is C14H8Cl2N2O3. The predicted molar refractivity (Wildman–Crippen MR) is 78.5 cm³/mol. The molecule has 0 atom stereocenters. The average molecular weight is 323 g/mol. The van der Waals surface area contributed by atoms with Crippen molar-refractivity contribution in [2.75, 3.05) is 0 Å². The third kappa shape index (κ3) is 2.66. The molecule has 0 spiro atoms. The van der Waals surface area contributed by atoms with Crippen LogP contribution in [0.1, 0.15) is 0 Å². The van der Waals surface area contributed by atoms with E-state index in [1.165, 1.54) is 18.2 Å². The normalized spacial score (nSPS) is 10.8. The molecule has 0 radical (unpaired) electrons. The Morgan fingerprint density at radius 3 is 2.19 bits per heavy atom. The third-order valence-electron chi connectivity index (χ3n) is 2.78. The molecule has 0 aliphatic carbocycles. The minimum atomic E-state index is -0.158. The number of benzene rings is 2. The number of aromatic hydroxyl groups is 2. The molecule has 0 saturated heterocycles. The van der Waals surface area contributed by atoms with Gasteiger partial charge in [0.1, 0.15) is 17.1 Å². The zero-order chi connectivity index (χ0) is 15.0. The first kappa shape index (κ1) is 13.7. The third-order valence-corrected chi connectivity index (χ3v) is 3.22. The van der Waals surface area contributed by atoms with Crippen LogP contribution in [0, 0.1) is 0 Å². The topological polar surface area (TPSA) is 79.4 Å². The maximum Gasteiger partial charge on any atom is 0.265 e. The lowest BCUT2D eigenvalue weighted by Crippen LogP contribution is -1.83. The van der Waals surface area contributed by atoms with Gasteiger partial charge in [-0.2, -0.15) is 4.98 Å². The number of nitrogens with zero attached hydrogens (tertiary/aromatic N) is 2. The van der Waals surface area contributed by atoms with Crippen LogP contribution in [0.2, 0.25) is 10.0 Å². The second kappa shape index (κ2) is 5.27. The summed E-state index contributed by atoms with van der Waals surface area (Å²) in [4.78, 5) is 4.14. The van der Waals surface area contributed by atoms with Gasteiger partial charge >= 0.3 is 0 Å². The zero-order valence-electron chi connectivity index (χ0n) is 10.4. The van der Waals surface area contributed by atoms with Crippen LogP contribution in [0.25, 0.3) is 22.8 Å². The van der Waals surface area contributed by atoms with E-state index in [9.17, 15) is 10.2 Å². The number of phenolic OH excluding ortho intramolecular Hbond substituents is 2. The lowest BCUT2D eigenvalue weighted by atomic mass is 10.1. The van der Waals surface area contributed by atoms with Gasteiger partial charge in [0.2, 0.25) is 5.82 Å². The van der Waals surface area contributed by atoms with E-state index in [2.05, 4.69) is 10.1 Å². The highest BCUT2D eigenvalue weighted by atomic mass is 35.5. The SMILES string of the molecule is Oc1cccc(O)c1-c1nc(-c2cc(Cl)cc(Cl)c2)no1. The fraction of sp³-hybridized carbons (Fsp3) is 0. The van der Waals surface area contributed by atoms with Crippen LogP contribution in [0.3, 0.4) is 0 Å². The molecule has 1 heterocycles. The van der Waals surface area contributed by atoms with Crippen molar-refractivity contribution in [3.63, 3.8) is 0 Å². The Balaban J connectivity index is 2.08. The van der Waals surface area contributed by atoms with E-state index in [1.54, 1.807) is 18.2 Å². The van der Waals surface area contributed by atoms with Crippen LogP contribution in [0.15, 0.2) is 40.9 Å². The maximum absolute atomic E-state index is 9.78. The molecule has 3 aromatic rings. The highest BCUT2D eigenvalue weighted by Gasteiger charge is 2.18. The number of phenols is 2. The van der Waals surface area contributed by atoms with Gasteiger partial charge in [0.15, 0.2) is 0 Å². The molecule has 0 amide bonds. The molecule has 0 aliphatic heterocycles. The Bertz CT molecular complexity index is 777. The predicted octanol–water partition coefficient (Wildman–Crippen LogP) is 4.12. The largest absolute Gasteiger partial charge is 0.507 e. The van der Waals surface area contributed by atoms with Crippen LogP contribution in [0.4, 0.5) is 0 Å². The first-order valence-corrected chi connectivity index (χ1v) is 6.61. The van der Waals surface area contributed by atoms with Gasteiger partial charge in [0.05, 0.1) is 0 Å². The number of hydrogen-bond donors (Lipinski definition) is 2. The first-order valence-electron chi connectivity index (χ1n) is 5.86. The van der Waals surface area contributed by atoms with Gasteiger partial charge in [-0.05, 0) is 30.3 Å². The Morgan fingerprint density at radius 2 is 1.57 bits per heavy atom. The van der Waals surface area contributed by atoms with E-state index in [-0.39, 0.29) is 28.8 Å². The van der Waals surface area contributed by atoms with Crippen molar-refractivity contribution in [2.24, 2.45) is 0 Å². The molecule has 2 aromatic carbocycles. The minimum absolute atomic E-state index is 0.00306. The van der Waals surface area contributed by atoms with E-state index in [0.717, 1.165) is 0 Å². The molecule has 3 rings (SSSR count). The molecule has 21 heavy (non-hydrogen) atoms. The number of rotatable bonds is 2. The lowest BCUT2D eigenvalue weighted by Gasteiger charge is -2.01. The van der Waals surface area contributed by atoms with Crippen molar-refractivity contribution in [1.29, 1.82) is 0 Å². The number of hydrogen-bond acceptors (Lipinski definition) is 5. The van der Waals surface area contributed by atoms with Crippen LogP contribution in [-0.4, -0.2) is 20.4 Å². The van der Waals surface area contributed by atoms with Crippen LogP contribution in [-0.2, 0) is 0 Å². The van der Waals surface area contributed by atoms with Crippen molar-refractivity contribution in [1.82, 2.24) is 10.1 Å². The van der Waals surface area contributed by atoms with Gasteiger partial charge in [0, 0.05) is 15.6 Å². The molecular weight excluding hydrogens is 315 g/mol. The first-order chi connectivity index (χ1) is 10.0. The fourth-order valence-electron chi connectivity index (χ4n) is 1.87. The van der Waals surface area contributed by atoms with Gasteiger partial charge in [-0.3, -0.25) is 0 Å². The molecule has 5 nitrogen and oxygen atoms in total. The van der Waals surface area contributed by atoms with E-state index >= 15 is 0 Å². The molecule has 2 N–H and O–H groups in total. The smallest absolute Gasteiger partial charge is 0.265 e. The van der Waals surface area contributed by atoms with Crippen molar-refractivity contribution >= 4 is 23.2 Å². The Kier molecular flexibility index (Phi) is 3.45. The lowest BCUT2D eigenvalue weighted by molar-refractivity contribution is 0.416. The molecule has 1 aromatic heterocycles. The van der Waals surface area contributed by atoms with Crippen molar-refractivity contribution in [2.45, 2.75) is 0 Å². The van der Waals surface area contributed by atoms with Gasteiger partial charge in [-0.25, -0.2) is 0 Å². The zero-order valence-corrected chi connectivity index (χ0v) is 11.9. The van der Waals surface area contributed by atoms with Crippen molar-refractivity contribution in [3.05, 3.63) is 46.4 Å². The van der Waals surface area contributed by atoms with Gasteiger partial charge < -0.3 is 14.7 Å². The number of halogens is 2. The van der Waals surface area contributed by atoms with E-state index in [1.807, 2.05) is 0 Å². The van der Waals surface area contributed by atoms with Gasteiger partial charge in [-0.15, -0.1) is 0 Å².